The zero-order valence-electron chi connectivity index (χ0n) is 8.60. The van der Waals surface area contributed by atoms with Crippen LogP contribution in [-0.2, 0) is 0 Å². The van der Waals surface area contributed by atoms with Crippen molar-refractivity contribution in [3.63, 3.8) is 0 Å². The molecule has 0 unspecified atom stereocenters. The third kappa shape index (κ3) is 2.28. The van der Waals surface area contributed by atoms with Crippen LogP contribution in [0.3, 0.4) is 0 Å². The summed E-state index contributed by atoms with van der Waals surface area (Å²) in [5.41, 5.74) is 3.11. The van der Waals surface area contributed by atoms with Crippen LogP contribution < -0.4 is 0 Å². The van der Waals surface area contributed by atoms with Crippen molar-refractivity contribution in [1.29, 1.82) is 0 Å². The summed E-state index contributed by atoms with van der Waals surface area (Å²) in [6.07, 6.45) is 0. The van der Waals surface area contributed by atoms with Crippen molar-refractivity contribution in [2.45, 2.75) is 6.92 Å². The second-order valence-corrected chi connectivity index (χ2v) is 4.91. The average molecular weight is 300 g/mol. The predicted molar refractivity (Wildman–Crippen MR) is 69.3 cm³/mol. The first-order valence-corrected chi connectivity index (χ1v) is 5.96. The first kappa shape index (κ1) is 11.6. The van der Waals surface area contributed by atoms with E-state index in [0.29, 0.717) is 0 Å². The lowest BCUT2D eigenvalue weighted by Crippen LogP contribution is -1.85. The molecule has 2 rings (SSSR count). The lowest BCUT2D eigenvalue weighted by molar-refractivity contribution is 0.628. The second-order valence-electron chi connectivity index (χ2n) is 3.59. The molecule has 82 valence electrons. The van der Waals surface area contributed by atoms with Gasteiger partial charge in [0.25, 0.3) is 0 Å². The highest BCUT2D eigenvalue weighted by Gasteiger charge is 2.05. The van der Waals surface area contributed by atoms with Crippen LogP contribution in [0.1, 0.15) is 5.56 Å². The summed E-state index contributed by atoms with van der Waals surface area (Å²) < 4.78 is 14.1. The Balaban J connectivity index is 2.54. The van der Waals surface area contributed by atoms with Gasteiger partial charge in [-0.05, 0) is 47.9 Å². The molecule has 0 N–H and O–H groups in total. The van der Waals surface area contributed by atoms with E-state index in [2.05, 4.69) is 15.9 Å². The lowest BCUT2D eigenvalue weighted by Gasteiger charge is -2.07. The van der Waals surface area contributed by atoms with Gasteiger partial charge in [0.2, 0.25) is 0 Å². The Labute approximate surface area is 107 Å². The van der Waals surface area contributed by atoms with E-state index in [-0.39, 0.29) is 10.8 Å². The maximum Gasteiger partial charge on any atom is 0.141 e. The molecule has 16 heavy (non-hydrogen) atoms. The van der Waals surface area contributed by atoms with Gasteiger partial charge in [-0.3, -0.25) is 0 Å². The van der Waals surface area contributed by atoms with E-state index in [1.807, 2.05) is 25.1 Å². The molecule has 3 heteroatoms. The van der Waals surface area contributed by atoms with Crippen LogP contribution in [0.2, 0.25) is 5.02 Å². The first-order chi connectivity index (χ1) is 7.58. The SMILES string of the molecule is Cc1cc(Br)ccc1-c1ccc(F)c(Cl)c1. The Bertz CT molecular complexity index is 537. The predicted octanol–water partition coefficient (Wildman–Crippen LogP) is 5.22. The van der Waals surface area contributed by atoms with Crippen molar-refractivity contribution in [2.75, 3.05) is 0 Å². The third-order valence-corrected chi connectivity index (χ3v) is 3.20. The van der Waals surface area contributed by atoms with E-state index >= 15 is 0 Å². The van der Waals surface area contributed by atoms with Crippen LogP contribution >= 0.6 is 27.5 Å². The van der Waals surface area contributed by atoms with E-state index in [1.165, 1.54) is 6.07 Å². The van der Waals surface area contributed by atoms with E-state index in [4.69, 9.17) is 11.6 Å². The topological polar surface area (TPSA) is 0 Å². The van der Waals surface area contributed by atoms with Gasteiger partial charge >= 0.3 is 0 Å². The number of hydrogen-bond acceptors (Lipinski definition) is 0. The molecule has 2 aromatic carbocycles. The molecule has 0 saturated carbocycles. The molecule has 0 heterocycles. The zero-order chi connectivity index (χ0) is 11.7. The summed E-state index contributed by atoms with van der Waals surface area (Å²) in [4.78, 5) is 0. The molecule has 0 aliphatic rings. The number of halogens is 3. The fourth-order valence-electron chi connectivity index (χ4n) is 1.61. The smallest absolute Gasteiger partial charge is 0.141 e. The van der Waals surface area contributed by atoms with Crippen LogP contribution in [0.15, 0.2) is 40.9 Å². The molecule has 0 spiro atoms. The van der Waals surface area contributed by atoms with Gasteiger partial charge in [0.05, 0.1) is 5.02 Å². The highest BCUT2D eigenvalue weighted by molar-refractivity contribution is 9.10. The quantitative estimate of drug-likeness (QED) is 0.677. The highest BCUT2D eigenvalue weighted by Crippen LogP contribution is 2.29. The molecule has 0 atom stereocenters. The van der Waals surface area contributed by atoms with Gasteiger partial charge in [-0.1, -0.05) is 39.7 Å². The molecule has 0 aromatic heterocycles. The number of hydrogen-bond donors (Lipinski definition) is 0. The van der Waals surface area contributed by atoms with Crippen molar-refractivity contribution < 1.29 is 4.39 Å². The Morgan fingerprint density at radius 2 is 1.88 bits per heavy atom. The normalized spacial score (nSPS) is 10.5. The number of benzene rings is 2. The molecule has 0 radical (unpaired) electrons. The maximum atomic E-state index is 13.0. The summed E-state index contributed by atoms with van der Waals surface area (Å²) in [6.45, 7) is 2.01. The summed E-state index contributed by atoms with van der Waals surface area (Å²) >= 11 is 9.17. The monoisotopic (exact) mass is 298 g/mol. The van der Waals surface area contributed by atoms with Gasteiger partial charge in [0, 0.05) is 4.47 Å². The fraction of sp³-hybridized carbons (Fsp3) is 0.0769. The van der Waals surface area contributed by atoms with Crippen molar-refractivity contribution in [2.24, 2.45) is 0 Å². The summed E-state index contributed by atoms with van der Waals surface area (Å²) in [6, 6.07) is 10.7. The molecule has 0 fully saturated rings. The van der Waals surface area contributed by atoms with Crippen LogP contribution in [0.5, 0.6) is 0 Å². The highest BCUT2D eigenvalue weighted by atomic mass is 79.9. The van der Waals surface area contributed by atoms with Crippen LogP contribution in [-0.4, -0.2) is 0 Å². The molecular formula is C13H9BrClF. The lowest BCUT2D eigenvalue weighted by atomic mass is 10.0. The Hall–Kier alpha value is -0.860. The Morgan fingerprint density at radius 1 is 1.12 bits per heavy atom. The van der Waals surface area contributed by atoms with Crippen LogP contribution in [0, 0.1) is 12.7 Å². The van der Waals surface area contributed by atoms with Crippen LogP contribution in [0.25, 0.3) is 11.1 Å². The van der Waals surface area contributed by atoms with Gasteiger partial charge in [-0.25, -0.2) is 4.39 Å². The van der Waals surface area contributed by atoms with Gasteiger partial charge in [0.15, 0.2) is 0 Å². The number of aryl methyl sites for hydroxylation is 1. The largest absolute Gasteiger partial charge is 0.205 e. The van der Waals surface area contributed by atoms with Crippen molar-refractivity contribution in [3.8, 4) is 11.1 Å². The molecule has 0 nitrogen and oxygen atoms in total. The molecular weight excluding hydrogens is 290 g/mol. The Kier molecular flexibility index (Phi) is 3.31. The van der Waals surface area contributed by atoms with Crippen LogP contribution in [0.4, 0.5) is 4.39 Å². The van der Waals surface area contributed by atoms with Gasteiger partial charge in [-0.15, -0.1) is 0 Å². The standard InChI is InChI=1S/C13H9BrClF/c1-8-6-10(14)3-4-11(8)9-2-5-13(16)12(15)7-9/h2-7H,1H3. The minimum Gasteiger partial charge on any atom is -0.205 e. The van der Waals surface area contributed by atoms with E-state index < -0.39 is 0 Å². The maximum absolute atomic E-state index is 13.0. The minimum absolute atomic E-state index is 0.153. The van der Waals surface area contributed by atoms with Gasteiger partial charge < -0.3 is 0 Å². The fourth-order valence-corrected chi connectivity index (χ4v) is 2.27. The zero-order valence-corrected chi connectivity index (χ0v) is 10.9. The van der Waals surface area contributed by atoms with Gasteiger partial charge in [0.1, 0.15) is 5.82 Å². The second kappa shape index (κ2) is 4.56. The summed E-state index contributed by atoms with van der Waals surface area (Å²) in [5, 5.41) is 0.153. The molecule has 0 aliphatic carbocycles. The van der Waals surface area contributed by atoms with Crippen molar-refractivity contribution >= 4 is 27.5 Å². The minimum atomic E-state index is -0.389. The van der Waals surface area contributed by atoms with Gasteiger partial charge in [-0.2, -0.15) is 0 Å². The number of rotatable bonds is 1. The molecule has 0 amide bonds. The first-order valence-electron chi connectivity index (χ1n) is 4.79. The molecule has 0 bridgehead atoms. The summed E-state index contributed by atoms with van der Waals surface area (Å²) in [5.74, 6) is -0.389. The van der Waals surface area contributed by atoms with E-state index in [1.54, 1.807) is 12.1 Å². The molecule has 0 saturated heterocycles. The third-order valence-electron chi connectivity index (χ3n) is 2.42. The van der Waals surface area contributed by atoms with Crippen molar-refractivity contribution in [1.82, 2.24) is 0 Å². The molecule has 0 aliphatic heterocycles. The summed E-state index contributed by atoms with van der Waals surface area (Å²) in [7, 11) is 0. The molecule has 2 aromatic rings. The Morgan fingerprint density at radius 3 is 2.50 bits per heavy atom. The van der Waals surface area contributed by atoms with Crippen molar-refractivity contribution in [3.05, 3.63) is 57.3 Å². The van der Waals surface area contributed by atoms with E-state index in [9.17, 15) is 4.39 Å². The average Bonchev–Trinajstić information content (AvgIpc) is 2.22. The van der Waals surface area contributed by atoms with E-state index in [0.717, 1.165) is 21.2 Å².